The number of allylic oxidation sites excluding steroid dienone is 3. The first-order chi connectivity index (χ1) is 15.4. The molecule has 0 unspecified atom stereocenters. The van der Waals surface area contributed by atoms with E-state index >= 15 is 0 Å². The summed E-state index contributed by atoms with van der Waals surface area (Å²) in [5, 5.41) is 6.22. The summed E-state index contributed by atoms with van der Waals surface area (Å²) < 4.78 is 10.9. The number of dihydropyridines is 1. The second kappa shape index (κ2) is 8.86. The highest BCUT2D eigenvalue weighted by Crippen LogP contribution is 2.45. The van der Waals surface area contributed by atoms with Crippen LogP contribution in [0.3, 0.4) is 0 Å². The number of nitrogens with zero attached hydrogens (tertiary/aromatic N) is 1. The monoisotopic (exact) mass is 433 g/mol. The number of nitrogens with one attached hydrogen (secondary N) is 2. The van der Waals surface area contributed by atoms with Gasteiger partial charge in [0.25, 0.3) is 5.91 Å². The van der Waals surface area contributed by atoms with E-state index in [0.717, 1.165) is 23.4 Å². The molecule has 2 aliphatic rings. The van der Waals surface area contributed by atoms with Gasteiger partial charge in [-0.3, -0.25) is 9.59 Å². The Morgan fingerprint density at radius 2 is 1.91 bits per heavy atom. The molecule has 0 fully saturated rings. The molecule has 1 aliphatic carbocycles. The maximum Gasteiger partial charge on any atom is 0.255 e. The van der Waals surface area contributed by atoms with Crippen molar-refractivity contribution in [1.82, 2.24) is 10.3 Å². The van der Waals surface area contributed by atoms with Crippen LogP contribution in [0.25, 0.3) is 0 Å². The van der Waals surface area contributed by atoms with Gasteiger partial charge in [-0.05, 0) is 49.1 Å². The Morgan fingerprint density at radius 3 is 2.59 bits per heavy atom. The summed E-state index contributed by atoms with van der Waals surface area (Å²) in [6, 6.07) is 10.8. The largest absolute Gasteiger partial charge is 0.493 e. The molecule has 7 heteroatoms. The predicted octanol–water partition coefficient (Wildman–Crippen LogP) is 3.95. The van der Waals surface area contributed by atoms with Gasteiger partial charge in [-0.15, -0.1) is 0 Å². The molecule has 1 aromatic heterocycles. The summed E-state index contributed by atoms with van der Waals surface area (Å²) in [6.07, 6.45) is 2.84. The van der Waals surface area contributed by atoms with E-state index < -0.39 is 5.92 Å². The molecular formula is C25H27N3O4. The Morgan fingerprint density at radius 1 is 1.12 bits per heavy atom. The van der Waals surface area contributed by atoms with Crippen LogP contribution in [-0.4, -0.2) is 30.9 Å². The van der Waals surface area contributed by atoms with Gasteiger partial charge in [-0.25, -0.2) is 4.98 Å². The Balaban J connectivity index is 1.83. The highest BCUT2D eigenvalue weighted by Gasteiger charge is 2.40. The molecule has 4 rings (SSSR count). The zero-order valence-corrected chi connectivity index (χ0v) is 18.7. The third kappa shape index (κ3) is 3.98. The zero-order chi connectivity index (χ0) is 22.8. The van der Waals surface area contributed by atoms with Gasteiger partial charge in [0.15, 0.2) is 17.3 Å². The summed E-state index contributed by atoms with van der Waals surface area (Å²) in [6.45, 7) is 3.94. The maximum absolute atomic E-state index is 13.4. The number of Topliss-reactive ketones (excluding diaryl/α,β-unsaturated/α-hetero) is 1. The molecule has 166 valence electrons. The van der Waals surface area contributed by atoms with Crippen LogP contribution in [0.1, 0.15) is 38.2 Å². The number of aromatic nitrogens is 1. The van der Waals surface area contributed by atoms with Gasteiger partial charge in [-0.2, -0.15) is 0 Å². The number of amides is 1. The number of hydrogen-bond acceptors (Lipinski definition) is 6. The van der Waals surface area contributed by atoms with Crippen LogP contribution >= 0.6 is 0 Å². The van der Waals surface area contributed by atoms with Crippen LogP contribution in [0.15, 0.2) is 65.1 Å². The summed E-state index contributed by atoms with van der Waals surface area (Å²) in [5.41, 5.74) is 3.54. The third-order valence-corrected chi connectivity index (χ3v) is 5.92. The number of hydrogen-bond donors (Lipinski definition) is 2. The normalized spacial score (nSPS) is 20.4. The molecule has 0 saturated carbocycles. The van der Waals surface area contributed by atoms with Crippen LogP contribution in [-0.2, 0) is 9.59 Å². The number of ketones is 1. The molecule has 2 N–H and O–H groups in total. The standard InChI is InChI=1S/C25H27N3O4/c1-14-11-17-24(18(29)12-14)23(16-8-9-19(31-3)20(13-16)32-4)22(15(2)27-17)25(30)28-21-7-5-6-10-26-21/h5-10,13-14,23,27H,11-12H2,1-4H3,(H,26,28,30)/t14-,23+/m1/s1. The molecule has 1 amide bonds. The molecule has 7 nitrogen and oxygen atoms in total. The second-order valence-electron chi connectivity index (χ2n) is 8.21. The number of anilines is 1. The highest BCUT2D eigenvalue weighted by atomic mass is 16.5. The fourth-order valence-electron chi connectivity index (χ4n) is 4.52. The fourth-order valence-corrected chi connectivity index (χ4v) is 4.52. The van der Waals surface area contributed by atoms with Gasteiger partial charge >= 0.3 is 0 Å². The van der Waals surface area contributed by atoms with Gasteiger partial charge in [-0.1, -0.05) is 19.1 Å². The molecular weight excluding hydrogens is 406 g/mol. The van der Waals surface area contributed by atoms with E-state index in [2.05, 4.69) is 22.5 Å². The van der Waals surface area contributed by atoms with Crippen LogP contribution in [0.2, 0.25) is 0 Å². The lowest BCUT2D eigenvalue weighted by molar-refractivity contribution is -0.117. The summed E-state index contributed by atoms with van der Waals surface area (Å²) in [4.78, 5) is 30.9. The van der Waals surface area contributed by atoms with Gasteiger partial charge in [0.05, 0.1) is 14.2 Å². The van der Waals surface area contributed by atoms with Crippen LogP contribution in [0, 0.1) is 5.92 Å². The highest BCUT2D eigenvalue weighted by molar-refractivity contribution is 6.09. The number of carbonyl (C=O) groups excluding carboxylic acids is 2. The van der Waals surface area contributed by atoms with Crippen molar-refractivity contribution in [3.8, 4) is 11.5 Å². The van der Waals surface area contributed by atoms with Crippen molar-refractivity contribution < 1.29 is 19.1 Å². The number of ether oxygens (including phenoxy) is 2. The van der Waals surface area contributed by atoms with Gasteiger partial charge in [0.2, 0.25) is 0 Å². The van der Waals surface area contributed by atoms with E-state index in [1.54, 1.807) is 38.6 Å². The third-order valence-electron chi connectivity index (χ3n) is 5.92. The summed E-state index contributed by atoms with van der Waals surface area (Å²) in [7, 11) is 3.14. The first-order valence-electron chi connectivity index (χ1n) is 10.6. The van der Waals surface area contributed by atoms with Crippen molar-refractivity contribution in [3.63, 3.8) is 0 Å². The predicted molar refractivity (Wildman–Crippen MR) is 121 cm³/mol. The smallest absolute Gasteiger partial charge is 0.255 e. The molecule has 2 aromatic rings. The Labute approximate surface area is 187 Å². The minimum absolute atomic E-state index is 0.0571. The molecule has 0 radical (unpaired) electrons. The number of rotatable bonds is 5. The first-order valence-corrected chi connectivity index (χ1v) is 10.6. The SMILES string of the molecule is COc1ccc([C@H]2C(C(=O)Nc3ccccn3)=C(C)NC3=C2C(=O)C[C@H](C)C3)cc1OC. The number of benzene rings is 1. The van der Waals surface area contributed by atoms with Crippen molar-refractivity contribution in [2.45, 2.75) is 32.6 Å². The molecule has 0 spiro atoms. The number of methoxy groups -OCH3 is 2. The first kappa shape index (κ1) is 21.6. The van der Waals surface area contributed by atoms with Gasteiger partial charge in [0.1, 0.15) is 5.82 Å². The van der Waals surface area contributed by atoms with Crippen molar-refractivity contribution in [2.75, 3.05) is 19.5 Å². The van der Waals surface area contributed by atoms with Crippen molar-refractivity contribution in [1.29, 1.82) is 0 Å². The molecule has 0 saturated heterocycles. The molecule has 2 heterocycles. The maximum atomic E-state index is 13.4. The van der Waals surface area contributed by atoms with Crippen LogP contribution < -0.4 is 20.1 Å². The van der Waals surface area contributed by atoms with Crippen molar-refractivity contribution in [2.24, 2.45) is 5.92 Å². The van der Waals surface area contributed by atoms with E-state index in [1.807, 2.05) is 25.1 Å². The number of pyridine rings is 1. The van der Waals surface area contributed by atoms with E-state index in [0.29, 0.717) is 34.9 Å². The molecule has 1 aliphatic heterocycles. The van der Waals surface area contributed by atoms with E-state index in [-0.39, 0.29) is 17.6 Å². The zero-order valence-electron chi connectivity index (χ0n) is 18.7. The fraction of sp³-hybridized carbons (Fsp3) is 0.320. The lowest BCUT2D eigenvalue weighted by Gasteiger charge is -2.36. The molecule has 2 atom stereocenters. The second-order valence-corrected chi connectivity index (χ2v) is 8.21. The van der Waals surface area contributed by atoms with Crippen LogP contribution in [0.5, 0.6) is 11.5 Å². The van der Waals surface area contributed by atoms with Gasteiger partial charge in [0, 0.05) is 41.1 Å². The lowest BCUT2D eigenvalue weighted by atomic mass is 9.73. The number of carbonyl (C=O) groups is 2. The quantitative estimate of drug-likeness (QED) is 0.742. The average Bonchev–Trinajstić information content (AvgIpc) is 2.78. The topological polar surface area (TPSA) is 89.5 Å². The van der Waals surface area contributed by atoms with Crippen molar-refractivity contribution in [3.05, 3.63) is 70.7 Å². The minimum Gasteiger partial charge on any atom is -0.493 e. The molecule has 0 bridgehead atoms. The summed E-state index contributed by atoms with van der Waals surface area (Å²) in [5.74, 6) is 1.07. The average molecular weight is 434 g/mol. The van der Waals surface area contributed by atoms with E-state index in [9.17, 15) is 9.59 Å². The molecule has 32 heavy (non-hydrogen) atoms. The van der Waals surface area contributed by atoms with Gasteiger partial charge < -0.3 is 20.1 Å². The van der Waals surface area contributed by atoms with Crippen molar-refractivity contribution >= 4 is 17.5 Å². The Bertz CT molecular complexity index is 1120. The Hall–Kier alpha value is -3.61. The Kier molecular flexibility index (Phi) is 5.99. The lowest BCUT2D eigenvalue weighted by Crippen LogP contribution is -2.37. The van der Waals surface area contributed by atoms with E-state index in [4.69, 9.17) is 9.47 Å². The van der Waals surface area contributed by atoms with Crippen LogP contribution in [0.4, 0.5) is 5.82 Å². The van der Waals surface area contributed by atoms with E-state index in [1.165, 1.54) is 0 Å². The minimum atomic E-state index is -0.519. The summed E-state index contributed by atoms with van der Waals surface area (Å²) >= 11 is 0. The molecule has 1 aromatic carbocycles.